The van der Waals surface area contributed by atoms with Crippen molar-refractivity contribution in [1.82, 2.24) is 0 Å². The molecule has 0 aromatic carbocycles. The van der Waals surface area contributed by atoms with Crippen LogP contribution in [0.4, 0.5) is 0 Å². The molecule has 0 bridgehead atoms. The van der Waals surface area contributed by atoms with Crippen LogP contribution >= 0.6 is 24.8 Å². The van der Waals surface area contributed by atoms with Gasteiger partial charge in [0, 0.05) is 0 Å². The fourth-order valence-electron chi connectivity index (χ4n) is 2.63. The summed E-state index contributed by atoms with van der Waals surface area (Å²) in [7, 11) is -1.50. The summed E-state index contributed by atoms with van der Waals surface area (Å²) in [4.78, 5) is 0. The molecule has 118 valence electrons. The van der Waals surface area contributed by atoms with E-state index >= 15 is 0 Å². The number of hydrogen-bond acceptors (Lipinski definition) is 1. The number of allylic oxidation sites excluding steroid dienone is 7. The fourth-order valence-corrected chi connectivity index (χ4v) is 7.35. The maximum absolute atomic E-state index is 6.58. The average molecular weight is 381 g/mol. The number of halogens is 2. The van der Waals surface area contributed by atoms with Crippen molar-refractivity contribution >= 4 is 33.1 Å². The zero-order chi connectivity index (χ0) is 13.7. The standard InChI is InChI=1S/C11H19OSi.C5H5.2ClH.Ti/c1-4-13(5-2,6-3)12-11-9-7-8-10-11;1-2-4-5-3-1;;;/h7,9H,4-6,8H2,1-3H3;1-3H,4H2;2*1H;. The van der Waals surface area contributed by atoms with E-state index in [1.165, 1.54) is 30.3 Å². The second-order valence-corrected chi connectivity index (χ2v) is 12.3. The molecule has 2 aliphatic rings. The summed E-state index contributed by atoms with van der Waals surface area (Å²) >= 11 is -0.127. The minimum absolute atomic E-state index is 0. The van der Waals surface area contributed by atoms with Crippen LogP contribution in [0.15, 0.2) is 43.9 Å². The van der Waals surface area contributed by atoms with Gasteiger partial charge in [0.25, 0.3) is 0 Å². The van der Waals surface area contributed by atoms with Crippen LogP contribution in [-0.4, -0.2) is 8.32 Å². The van der Waals surface area contributed by atoms with Crippen molar-refractivity contribution in [3.8, 4) is 0 Å². The van der Waals surface area contributed by atoms with Crippen LogP contribution in [0.3, 0.4) is 0 Å². The molecule has 0 fully saturated rings. The van der Waals surface area contributed by atoms with Gasteiger partial charge in [-0.1, -0.05) is 0 Å². The molecule has 0 unspecified atom stereocenters. The molecule has 0 aromatic rings. The molecule has 0 amide bonds. The van der Waals surface area contributed by atoms with Crippen molar-refractivity contribution in [3.63, 3.8) is 0 Å². The Labute approximate surface area is 151 Å². The quantitative estimate of drug-likeness (QED) is 0.495. The van der Waals surface area contributed by atoms with E-state index in [-0.39, 0.29) is 44.0 Å². The Balaban J connectivity index is 0.00000200. The molecular formula is C16H26Cl2OSiTi. The Hall–Kier alpha value is 0.271. The maximum atomic E-state index is 6.58. The molecule has 0 aromatic heterocycles. The normalized spacial score (nSPS) is 16.4. The molecule has 0 spiro atoms. The molecule has 0 radical (unpaired) electrons. The Bertz CT molecular complexity index is 443. The van der Waals surface area contributed by atoms with E-state index in [9.17, 15) is 0 Å². The Kier molecular flexibility index (Phi) is 10.3. The first-order valence-corrected chi connectivity index (χ1v) is 11.5. The summed E-state index contributed by atoms with van der Waals surface area (Å²) in [6, 6.07) is 3.69. The second-order valence-electron chi connectivity index (χ2n) is 5.24. The number of hydrogen-bond donors (Lipinski definition) is 0. The van der Waals surface area contributed by atoms with Gasteiger partial charge in [0.2, 0.25) is 0 Å². The first kappa shape index (κ1) is 21.3. The smallest absolute Gasteiger partial charge is 0.147 e. The molecule has 2 rings (SSSR count). The summed E-state index contributed by atoms with van der Waals surface area (Å²) < 4.78 is 9.85. The Morgan fingerprint density at radius 3 is 2.24 bits per heavy atom. The molecular weight excluding hydrogens is 355 g/mol. The van der Waals surface area contributed by atoms with E-state index in [1.54, 1.807) is 7.76 Å². The molecule has 2 aliphatic carbocycles. The molecule has 0 aliphatic heterocycles. The molecule has 21 heavy (non-hydrogen) atoms. The van der Waals surface area contributed by atoms with E-state index in [0.717, 1.165) is 6.42 Å². The van der Waals surface area contributed by atoms with Crippen molar-refractivity contribution in [1.29, 1.82) is 0 Å². The summed E-state index contributed by atoms with van der Waals surface area (Å²) in [5.41, 5.74) is 0. The van der Waals surface area contributed by atoms with Crippen molar-refractivity contribution in [2.75, 3.05) is 0 Å². The maximum Gasteiger partial charge on any atom is -0.147 e. The topological polar surface area (TPSA) is 9.23 Å². The third kappa shape index (κ3) is 5.44. The van der Waals surface area contributed by atoms with Gasteiger partial charge < -0.3 is 0 Å². The van der Waals surface area contributed by atoms with E-state index < -0.39 is 8.32 Å². The van der Waals surface area contributed by atoms with Crippen LogP contribution in [0, 0.1) is 0 Å². The molecule has 0 saturated heterocycles. The van der Waals surface area contributed by atoms with Crippen molar-refractivity contribution < 1.29 is 23.6 Å². The third-order valence-electron chi connectivity index (χ3n) is 4.23. The molecule has 0 N–H and O–H groups in total. The third-order valence-corrected chi connectivity index (χ3v) is 11.0. The summed E-state index contributed by atoms with van der Waals surface area (Å²) in [6.07, 6.45) is 13.6. The first-order valence-electron chi connectivity index (χ1n) is 7.44. The second kappa shape index (κ2) is 10.1. The molecule has 0 atom stereocenters. The van der Waals surface area contributed by atoms with E-state index in [0.29, 0.717) is 0 Å². The predicted octanol–water partition coefficient (Wildman–Crippen LogP) is 5.95. The van der Waals surface area contributed by atoms with Crippen LogP contribution in [0.5, 0.6) is 0 Å². The Morgan fingerprint density at radius 2 is 1.71 bits per heavy atom. The summed E-state index contributed by atoms with van der Waals surface area (Å²) in [5, 5.41) is 0. The van der Waals surface area contributed by atoms with Crippen molar-refractivity contribution in [2.24, 2.45) is 0 Å². The van der Waals surface area contributed by atoms with Gasteiger partial charge in [0.1, 0.15) is 0 Å². The van der Waals surface area contributed by atoms with Crippen molar-refractivity contribution in [3.05, 3.63) is 43.9 Å². The molecule has 0 saturated carbocycles. The van der Waals surface area contributed by atoms with E-state index in [2.05, 4.69) is 51.2 Å². The molecule has 5 heteroatoms. The van der Waals surface area contributed by atoms with Gasteiger partial charge in [0.05, 0.1) is 0 Å². The minimum Gasteiger partial charge on any atom is -0.147 e. The van der Waals surface area contributed by atoms with Gasteiger partial charge >= 0.3 is 128 Å². The van der Waals surface area contributed by atoms with Crippen LogP contribution < -0.4 is 0 Å². The molecule has 0 heterocycles. The van der Waals surface area contributed by atoms with Gasteiger partial charge in [-0.15, -0.1) is 24.8 Å². The van der Waals surface area contributed by atoms with E-state index in [4.69, 9.17) is 4.43 Å². The summed E-state index contributed by atoms with van der Waals surface area (Å²) in [5.74, 6) is 1.25. The van der Waals surface area contributed by atoms with Crippen LogP contribution in [0.1, 0.15) is 33.6 Å². The van der Waals surface area contributed by atoms with Gasteiger partial charge in [0.15, 0.2) is 0 Å². The zero-order valence-corrected chi connectivity index (χ0v) is 17.3. The number of rotatable bonds is 7. The van der Waals surface area contributed by atoms with Crippen LogP contribution in [0.2, 0.25) is 18.1 Å². The van der Waals surface area contributed by atoms with Gasteiger partial charge in [-0.2, -0.15) is 0 Å². The summed E-state index contributed by atoms with van der Waals surface area (Å²) in [6.45, 7) is 6.91. The van der Waals surface area contributed by atoms with Crippen LogP contribution in [-0.2, 0) is 23.6 Å². The fraction of sp³-hybridized carbons (Fsp3) is 0.500. The first-order chi connectivity index (χ1) is 9.23. The van der Waals surface area contributed by atoms with Gasteiger partial charge in [-0.3, -0.25) is 0 Å². The van der Waals surface area contributed by atoms with Crippen LogP contribution in [0.25, 0.3) is 0 Å². The Morgan fingerprint density at radius 1 is 1.05 bits per heavy atom. The largest absolute Gasteiger partial charge is 0.147 e. The molecule has 1 nitrogen and oxygen atoms in total. The average Bonchev–Trinajstić information content (AvgIpc) is 3.09. The predicted molar refractivity (Wildman–Crippen MR) is 95.4 cm³/mol. The van der Waals surface area contributed by atoms with Gasteiger partial charge in [-0.25, -0.2) is 0 Å². The SMILES string of the molecule is CC[Si](CC)(CC)OC1=[C]([Ti][C]2=CC=CC2)CC=C1.Cl.Cl. The van der Waals surface area contributed by atoms with Gasteiger partial charge in [-0.05, 0) is 0 Å². The zero-order valence-electron chi connectivity index (χ0n) is 13.1. The van der Waals surface area contributed by atoms with Crippen molar-refractivity contribution in [2.45, 2.75) is 51.7 Å². The monoisotopic (exact) mass is 380 g/mol. The minimum atomic E-state index is -1.50. The van der Waals surface area contributed by atoms with E-state index in [1.807, 2.05) is 0 Å².